The van der Waals surface area contributed by atoms with Gasteiger partial charge < -0.3 is 0 Å². The van der Waals surface area contributed by atoms with E-state index in [9.17, 15) is 0 Å². The van der Waals surface area contributed by atoms with Crippen molar-refractivity contribution in [2.45, 2.75) is 18.9 Å². The fourth-order valence-electron chi connectivity index (χ4n) is 2.93. The third-order valence-electron chi connectivity index (χ3n) is 4.17. The van der Waals surface area contributed by atoms with Crippen molar-refractivity contribution in [3.63, 3.8) is 0 Å². The highest BCUT2D eigenvalue weighted by molar-refractivity contribution is 6.12. The molecular formula is C20H18N4. The SMILES string of the molecule is C(=Cc1ccccc1)CCn1cc(C2C=CN=C3N=CC=C32)cn1. The van der Waals surface area contributed by atoms with Gasteiger partial charge in [-0.3, -0.25) is 4.68 Å². The second kappa shape index (κ2) is 6.62. The Balaban J connectivity index is 1.38. The highest BCUT2D eigenvalue weighted by Crippen LogP contribution is 2.31. The summed E-state index contributed by atoms with van der Waals surface area (Å²) < 4.78 is 2.00. The van der Waals surface area contributed by atoms with E-state index in [0.29, 0.717) is 0 Å². The number of aliphatic imine (C=N–C) groups is 2. The van der Waals surface area contributed by atoms with E-state index in [1.807, 2.05) is 35.4 Å². The Morgan fingerprint density at radius 1 is 1.17 bits per heavy atom. The van der Waals surface area contributed by atoms with Gasteiger partial charge in [0.2, 0.25) is 0 Å². The van der Waals surface area contributed by atoms with Crippen molar-refractivity contribution in [3.8, 4) is 0 Å². The van der Waals surface area contributed by atoms with E-state index in [1.165, 1.54) is 11.1 Å². The van der Waals surface area contributed by atoms with Crippen molar-refractivity contribution in [3.05, 3.63) is 83.9 Å². The Kier molecular flexibility index (Phi) is 4.02. The van der Waals surface area contributed by atoms with Crippen LogP contribution in [-0.4, -0.2) is 21.8 Å². The first-order valence-electron chi connectivity index (χ1n) is 8.13. The van der Waals surface area contributed by atoms with E-state index in [-0.39, 0.29) is 5.92 Å². The summed E-state index contributed by atoms with van der Waals surface area (Å²) in [6.45, 7) is 0.871. The summed E-state index contributed by atoms with van der Waals surface area (Å²) >= 11 is 0. The van der Waals surface area contributed by atoms with Gasteiger partial charge in [-0.05, 0) is 18.1 Å². The lowest BCUT2D eigenvalue weighted by Gasteiger charge is -2.15. The molecule has 0 amide bonds. The Bertz CT molecular complexity index is 866. The summed E-state index contributed by atoms with van der Waals surface area (Å²) in [5, 5.41) is 4.49. The lowest BCUT2D eigenvalue weighted by atomic mass is 9.92. The molecule has 1 atom stereocenters. The van der Waals surface area contributed by atoms with Crippen molar-refractivity contribution < 1.29 is 0 Å². The molecule has 1 aromatic heterocycles. The van der Waals surface area contributed by atoms with Gasteiger partial charge in [0.05, 0.1) is 6.20 Å². The minimum absolute atomic E-state index is 0.202. The van der Waals surface area contributed by atoms with Crippen LogP contribution in [0.5, 0.6) is 0 Å². The van der Waals surface area contributed by atoms with E-state index >= 15 is 0 Å². The average Bonchev–Trinajstić information content (AvgIpc) is 3.28. The zero-order valence-electron chi connectivity index (χ0n) is 13.3. The molecule has 0 saturated carbocycles. The summed E-state index contributed by atoms with van der Waals surface area (Å²) in [5.74, 6) is 1.02. The first-order chi connectivity index (χ1) is 11.9. The molecule has 1 aromatic carbocycles. The maximum absolute atomic E-state index is 4.49. The summed E-state index contributed by atoms with van der Waals surface area (Å²) in [6.07, 6.45) is 17.1. The van der Waals surface area contributed by atoms with Crippen LogP contribution in [0.25, 0.3) is 6.08 Å². The van der Waals surface area contributed by atoms with Crippen molar-refractivity contribution >= 4 is 18.1 Å². The van der Waals surface area contributed by atoms with E-state index in [0.717, 1.165) is 24.4 Å². The number of fused-ring (bicyclic) bond motifs is 1. The second-order valence-corrected chi connectivity index (χ2v) is 5.81. The Hall–Kier alpha value is -3.01. The molecule has 0 bridgehead atoms. The first kappa shape index (κ1) is 14.6. The number of amidine groups is 1. The zero-order valence-corrected chi connectivity index (χ0v) is 13.3. The molecule has 1 unspecified atom stereocenters. The largest absolute Gasteiger partial charge is 0.272 e. The molecule has 2 aliphatic rings. The van der Waals surface area contributed by atoms with Crippen LogP contribution in [-0.2, 0) is 6.54 Å². The molecule has 0 aliphatic carbocycles. The summed E-state index contributed by atoms with van der Waals surface area (Å²) in [7, 11) is 0. The standard InChI is InChI=1S/C20H18N4/c1-2-6-16(7-3-1)8-4-5-13-24-15-17(14-23-24)18-9-11-21-20-19(18)10-12-22-20/h1-4,6-12,14-15,18H,5,13H2. The van der Waals surface area contributed by atoms with E-state index in [2.05, 4.69) is 63.8 Å². The van der Waals surface area contributed by atoms with Gasteiger partial charge in [0.15, 0.2) is 5.84 Å². The molecule has 118 valence electrons. The number of hydrogen-bond donors (Lipinski definition) is 0. The first-order valence-corrected chi connectivity index (χ1v) is 8.13. The predicted molar refractivity (Wildman–Crippen MR) is 98.2 cm³/mol. The fourth-order valence-corrected chi connectivity index (χ4v) is 2.93. The van der Waals surface area contributed by atoms with Crippen LogP contribution in [0.2, 0.25) is 0 Å². The van der Waals surface area contributed by atoms with Gasteiger partial charge in [0, 0.05) is 42.2 Å². The molecule has 0 fully saturated rings. The quantitative estimate of drug-likeness (QED) is 0.822. The minimum Gasteiger partial charge on any atom is -0.272 e. The van der Waals surface area contributed by atoms with Crippen LogP contribution in [0, 0.1) is 0 Å². The smallest absolute Gasteiger partial charge is 0.155 e. The molecule has 24 heavy (non-hydrogen) atoms. The topological polar surface area (TPSA) is 42.5 Å². The molecule has 0 spiro atoms. The number of rotatable bonds is 5. The summed E-state index contributed by atoms with van der Waals surface area (Å²) in [4.78, 5) is 8.57. The molecule has 4 rings (SSSR count). The van der Waals surface area contributed by atoms with Gasteiger partial charge in [-0.25, -0.2) is 9.98 Å². The lowest BCUT2D eigenvalue weighted by molar-refractivity contribution is 0.623. The third-order valence-corrected chi connectivity index (χ3v) is 4.17. The molecular weight excluding hydrogens is 296 g/mol. The number of aryl methyl sites for hydroxylation is 1. The van der Waals surface area contributed by atoms with Gasteiger partial charge in [0.25, 0.3) is 0 Å². The van der Waals surface area contributed by atoms with Crippen LogP contribution in [0.3, 0.4) is 0 Å². The molecule has 0 radical (unpaired) electrons. The van der Waals surface area contributed by atoms with E-state index < -0.39 is 0 Å². The molecule has 4 heteroatoms. The second-order valence-electron chi connectivity index (χ2n) is 5.81. The number of hydrogen-bond acceptors (Lipinski definition) is 3. The zero-order chi connectivity index (χ0) is 16.2. The molecule has 2 aromatic rings. The Labute approximate surface area is 141 Å². The minimum atomic E-state index is 0.202. The molecule has 3 heterocycles. The van der Waals surface area contributed by atoms with Crippen LogP contribution in [0.1, 0.15) is 23.5 Å². The number of nitrogens with zero attached hydrogens (tertiary/aromatic N) is 4. The normalized spacial score (nSPS) is 18.8. The Morgan fingerprint density at radius 3 is 3.00 bits per heavy atom. The van der Waals surface area contributed by atoms with Crippen molar-refractivity contribution in [2.75, 3.05) is 0 Å². The van der Waals surface area contributed by atoms with Crippen LogP contribution >= 0.6 is 0 Å². The maximum atomic E-state index is 4.49. The van der Waals surface area contributed by atoms with Crippen molar-refractivity contribution in [1.29, 1.82) is 0 Å². The predicted octanol–water partition coefficient (Wildman–Crippen LogP) is 4.01. The molecule has 4 nitrogen and oxygen atoms in total. The monoisotopic (exact) mass is 314 g/mol. The molecule has 0 saturated heterocycles. The fraction of sp³-hybridized carbons (Fsp3) is 0.150. The van der Waals surface area contributed by atoms with Crippen molar-refractivity contribution in [2.24, 2.45) is 9.98 Å². The van der Waals surface area contributed by atoms with Gasteiger partial charge in [-0.1, -0.05) is 48.6 Å². The van der Waals surface area contributed by atoms with Crippen LogP contribution in [0.15, 0.2) is 82.7 Å². The number of aromatic nitrogens is 2. The van der Waals surface area contributed by atoms with Crippen LogP contribution in [0.4, 0.5) is 0 Å². The average molecular weight is 314 g/mol. The molecule has 0 N–H and O–H groups in total. The highest BCUT2D eigenvalue weighted by atomic mass is 15.3. The van der Waals surface area contributed by atoms with Crippen LogP contribution < -0.4 is 0 Å². The van der Waals surface area contributed by atoms with Gasteiger partial charge >= 0.3 is 0 Å². The van der Waals surface area contributed by atoms with Crippen molar-refractivity contribution in [1.82, 2.24) is 9.78 Å². The highest BCUT2D eigenvalue weighted by Gasteiger charge is 2.23. The third kappa shape index (κ3) is 3.04. The molecule has 2 aliphatic heterocycles. The number of benzene rings is 1. The maximum Gasteiger partial charge on any atom is 0.155 e. The number of allylic oxidation sites excluding steroid dienone is 3. The van der Waals surface area contributed by atoms with Gasteiger partial charge in [-0.15, -0.1) is 0 Å². The van der Waals surface area contributed by atoms with E-state index in [1.54, 1.807) is 0 Å². The van der Waals surface area contributed by atoms with Gasteiger partial charge in [0.1, 0.15) is 0 Å². The van der Waals surface area contributed by atoms with Gasteiger partial charge in [-0.2, -0.15) is 5.10 Å². The summed E-state index contributed by atoms with van der Waals surface area (Å²) in [6, 6.07) is 10.3. The summed E-state index contributed by atoms with van der Waals surface area (Å²) in [5.41, 5.74) is 3.56. The van der Waals surface area contributed by atoms with E-state index in [4.69, 9.17) is 0 Å². The lowest BCUT2D eigenvalue weighted by Crippen LogP contribution is -2.08. The Morgan fingerprint density at radius 2 is 2.08 bits per heavy atom.